The fourth-order valence-corrected chi connectivity index (χ4v) is 2.57. The van der Waals surface area contributed by atoms with Crippen molar-refractivity contribution in [1.82, 2.24) is 10.2 Å². The second kappa shape index (κ2) is 6.91. The molecule has 0 atom stereocenters. The van der Waals surface area contributed by atoms with Gasteiger partial charge in [0, 0.05) is 37.9 Å². The van der Waals surface area contributed by atoms with Gasteiger partial charge in [-0.15, -0.1) is 0 Å². The van der Waals surface area contributed by atoms with Crippen molar-refractivity contribution >= 4 is 11.6 Å². The lowest BCUT2D eigenvalue weighted by atomic mass is 10.0. The van der Waals surface area contributed by atoms with Crippen LogP contribution in [0.3, 0.4) is 0 Å². The maximum Gasteiger partial charge on any atom is 0.253 e. The van der Waals surface area contributed by atoms with E-state index in [0.717, 1.165) is 32.0 Å². The Bertz CT molecular complexity index is 482. The highest BCUT2D eigenvalue weighted by Crippen LogP contribution is 2.17. The fraction of sp³-hybridized carbons (Fsp3) is 0.562. The molecular weight excluding hydrogens is 266 g/mol. The van der Waals surface area contributed by atoms with Crippen LogP contribution in [0.2, 0.25) is 0 Å². The molecule has 116 valence electrons. The van der Waals surface area contributed by atoms with Gasteiger partial charge in [-0.05, 0) is 26.0 Å². The Kier molecular flexibility index (Phi) is 5.20. The predicted molar refractivity (Wildman–Crippen MR) is 84.8 cm³/mol. The number of rotatable bonds is 5. The summed E-state index contributed by atoms with van der Waals surface area (Å²) in [5.41, 5.74) is 1.45. The van der Waals surface area contributed by atoms with E-state index in [1.54, 1.807) is 0 Å². The maximum atomic E-state index is 12.4. The molecule has 1 aliphatic heterocycles. The highest BCUT2D eigenvalue weighted by atomic mass is 16.5. The van der Waals surface area contributed by atoms with E-state index in [1.807, 2.05) is 31.3 Å². The van der Waals surface area contributed by atoms with E-state index in [4.69, 9.17) is 4.74 Å². The second-order valence-electron chi connectivity index (χ2n) is 5.89. The zero-order chi connectivity index (χ0) is 15.3. The smallest absolute Gasteiger partial charge is 0.253 e. The number of hydrogen-bond donors (Lipinski definition) is 2. The zero-order valence-electron chi connectivity index (χ0n) is 13.1. The average Bonchev–Trinajstić information content (AvgIpc) is 2.53. The molecule has 0 saturated carbocycles. The number of morpholine rings is 1. The second-order valence-corrected chi connectivity index (χ2v) is 5.89. The molecular formula is C16H25N3O2. The van der Waals surface area contributed by atoms with Crippen molar-refractivity contribution in [2.45, 2.75) is 19.4 Å². The van der Waals surface area contributed by atoms with Crippen molar-refractivity contribution in [2.24, 2.45) is 0 Å². The third kappa shape index (κ3) is 3.95. The first-order valence-electron chi connectivity index (χ1n) is 7.42. The highest BCUT2D eigenvalue weighted by Gasteiger charge is 2.28. The van der Waals surface area contributed by atoms with Crippen LogP contribution >= 0.6 is 0 Å². The summed E-state index contributed by atoms with van der Waals surface area (Å²) in [6, 6.07) is 7.54. The van der Waals surface area contributed by atoms with E-state index in [2.05, 4.69) is 29.4 Å². The monoisotopic (exact) mass is 291 g/mol. The summed E-state index contributed by atoms with van der Waals surface area (Å²) in [5.74, 6) is -0.0405. The SMILES string of the molecule is CNc1ccccc1C(=O)NCC(C)(C)N1CCOCC1. The summed E-state index contributed by atoms with van der Waals surface area (Å²) in [6.45, 7) is 8.28. The molecule has 1 aromatic rings. The minimum absolute atomic E-state index is 0.0405. The Balaban J connectivity index is 1.96. The van der Waals surface area contributed by atoms with Gasteiger partial charge in [-0.25, -0.2) is 0 Å². The van der Waals surface area contributed by atoms with Crippen LogP contribution in [0.5, 0.6) is 0 Å². The highest BCUT2D eigenvalue weighted by molar-refractivity contribution is 5.99. The van der Waals surface area contributed by atoms with E-state index < -0.39 is 0 Å². The lowest BCUT2D eigenvalue weighted by Gasteiger charge is -2.40. The minimum atomic E-state index is -0.0754. The third-order valence-corrected chi connectivity index (χ3v) is 3.99. The van der Waals surface area contributed by atoms with Crippen LogP contribution in [0.15, 0.2) is 24.3 Å². The van der Waals surface area contributed by atoms with E-state index in [9.17, 15) is 4.79 Å². The normalized spacial score (nSPS) is 16.5. The fourth-order valence-electron chi connectivity index (χ4n) is 2.57. The lowest BCUT2D eigenvalue weighted by molar-refractivity contribution is -0.00923. The van der Waals surface area contributed by atoms with E-state index in [1.165, 1.54) is 0 Å². The third-order valence-electron chi connectivity index (χ3n) is 3.99. The Morgan fingerprint density at radius 2 is 1.95 bits per heavy atom. The van der Waals surface area contributed by atoms with Crippen molar-refractivity contribution in [3.05, 3.63) is 29.8 Å². The van der Waals surface area contributed by atoms with E-state index in [0.29, 0.717) is 12.1 Å². The molecule has 1 aromatic carbocycles. The molecule has 1 amide bonds. The Morgan fingerprint density at radius 1 is 1.29 bits per heavy atom. The summed E-state index contributed by atoms with van der Waals surface area (Å²) < 4.78 is 5.38. The average molecular weight is 291 g/mol. The predicted octanol–water partition coefficient (Wildman–Crippen LogP) is 1.57. The number of carbonyl (C=O) groups excluding carboxylic acids is 1. The quantitative estimate of drug-likeness (QED) is 0.864. The number of carbonyl (C=O) groups is 1. The molecule has 0 bridgehead atoms. The van der Waals surface area contributed by atoms with Crippen molar-refractivity contribution in [3.63, 3.8) is 0 Å². The summed E-state index contributed by atoms with van der Waals surface area (Å²) >= 11 is 0. The van der Waals surface area contributed by atoms with Gasteiger partial charge in [0.1, 0.15) is 0 Å². The van der Waals surface area contributed by atoms with Crippen LogP contribution in [-0.4, -0.2) is 56.2 Å². The number of amides is 1. The van der Waals surface area contributed by atoms with Gasteiger partial charge in [0.25, 0.3) is 5.91 Å². The lowest BCUT2D eigenvalue weighted by Crippen LogP contribution is -2.55. The molecule has 2 rings (SSSR count). The Labute approximate surface area is 126 Å². The van der Waals surface area contributed by atoms with Gasteiger partial charge in [0.15, 0.2) is 0 Å². The molecule has 5 nitrogen and oxygen atoms in total. The number of nitrogens with zero attached hydrogens (tertiary/aromatic N) is 1. The van der Waals surface area contributed by atoms with Crippen molar-refractivity contribution < 1.29 is 9.53 Å². The van der Waals surface area contributed by atoms with Crippen LogP contribution in [0.25, 0.3) is 0 Å². The van der Waals surface area contributed by atoms with E-state index >= 15 is 0 Å². The first-order chi connectivity index (χ1) is 10.0. The standard InChI is InChI=1S/C16H25N3O2/c1-16(2,19-8-10-21-11-9-19)12-18-15(20)13-6-4-5-7-14(13)17-3/h4-7,17H,8-12H2,1-3H3,(H,18,20). The van der Waals surface area contributed by atoms with Crippen LogP contribution < -0.4 is 10.6 Å². The largest absolute Gasteiger partial charge is 0.387 e. The molecule has 1 heterocycles. The van der Waals surface area contributed by atoms with Crippen molar-refractivity contribution in [3.8, 4) is 0 Å². The van der Waals surface area contributed by atoms with Crippen molar-refractivity contribution in [2.75, 3.05) is 45.2 Å². The first kappa shape index (κ1) is 15.8. The van der Waals surface area contributed by atoms with Gasteiger partial charge < -0.3 is 15.4 Å². The first-order valence-corrected chi connectivity index (χ1v) is 7.42. The molecule has 1 saturated heterocycles. The topological polar surface area (TPSA) is 53.6 Å². The zero-order valence-corrected chi connectivity index (χ0v) is 13.1. The van der Waals surface area contributed by atoms with Crippen molar-refractivity contribution in [1.29, 1.82) is 0 Å². The Hall–Kier alpha value is -1.59. The van der Waals surface area contributed by atoms with E-state index in [-0.39, 0.29) is 11.4 Å². The van der Waals surface area contributed by atoms with Crippen LogP contribution in [0.4, 0.5) is 5.69 Å². The minimum Gasteiger partial charge on any atom is -0.387 e. The number of nitrogens with one attached hydrogen (secondary N) is 2. The summed E-state index contributed by atoms with van der Waals surface area (Å²) in [6.07, 6.45) is 0. The van der Waals surface area contributed by atoms with Crippen LogP contribution in [0.1, 0.15) is 24.2 Å². The molecule has 2 N–H and O–H groups in total. The molecule has 1 aliphatic rings. The van der Waals surface area contributed by atoms with Crippen LogP contribution in [0, 0.1) is 0 Å². The number of para-hydroxylation sites is 1. The molecule has 1 fully saturated rings. The van der Waals surface area contributed by atoms with Crippen LogP contribution in [-0.2, 0) is 4.74 Å². The van der Waals surface area contributed by atoms with Gasteiger partial charge in [0.2, 0.25) is 0 Å². The molecule has 0 aromatic heterocycles. The van der Waals surface area contributed by atoms with Gasteiger partial charge in [0.05, 0.1) is 18.8 Å². The molecule has 21 heavy (non-hydrogen) atoms. The molecule has 0 spiro atoms. The van der Waals surface area contributed by atoms with Gasteiger partial charge in [-0.2, -0.15) is 0 Å². The number of ether oxygens (including phenoxy) is 1. The van der Waals surface area contributed by atoms with Gasteiger partial charge >= 0.3 is 0 Å². The molecule has 5 heteroatoms. The summed E-state index contributed by atoms with van der Waals surface area (Å²) in [7, 11) is 1.82. The molecule has 0 aliphatic carbocycles. The maximum absolute atomic E-state index is 12.4. The summed E-state index contributed by atoms with van der Waals surface area (Å²) in [5, 5.41) is 6.10. The number of hydrogen-bond acceptors (Lipinski definition) is 4. The van der Waals surface area contributed by atoms with Gasteiger partial charge in [-0.1, -0.05) is 12.1 Å². The number of benzene rings is 1. The molecule has 0 unspecified atom stereocenters. The summed E-state index contributed by atoms with van der Waals surface area (Å²) in [4.78, 5) is 14.7. The molecule has 0 radical (unpaired) electrons. The Morgan fingerprint density at radius 3 is 2.62 bits per heavy atom. The van der Waals surface area contributed by atoms with Gasteiger partial charge in [-0.3, -0.25) is 9.69 Å². The number of anilines is 1.